The fourth-order valence-corrected chi connectivity index (χ4v) is 4.26. The van der Waals surface area contributed by atoms with Crippen molar-refractivity contribution in [2.45, 2.75) is 25.7 Å². The molecular formula is C22H25N3O3S. The molecule has 4 rings (SSSR count). The Morgan fingerprint density at radius 2 is 2.00 bits per heavy atom. The van der Waals surface area contributed by atoms with Crippen molar-refractivity contribution in [1.82, 2.24) is 9.55 Å². The van der Waals surface area contributed by atoms with E-state index < -0.39 is 0 Å². The molecule has 1 fully saturated rings. The molecule has 1 aliphatic rings. The molecule has 6 nitrogen and oxygen atoms in total. The molecule has 2 aromatic heterocycles. The lowest BCUT2D eigenvalue weighted by Gasteiger charge is -2.28. The van der Waals surface area contributed by atoms with Gasteiger partial charge >= 0.3 is 0 Å². The first-order valence-electron chi connectivity index (χ1n) is 9.76. The van der Waals surface area contributed by atoms with Crippen LogP contribution in [-0.4, -0.2) is 29.9 Å². The van der Waals surface area contributed by atoms with Crippen molar-refractivity contribution in [3.63, 3.8) is 0 Å². The summed E-state index contributed by atoms with van der Waals surface area (Å²) >= 11 is 1.61. The number of fused-ring (bicyclic) bond motifs is 1. The van der Waals surface area contributed by atoms with Crippen LogP contribution in [0.3, 0.4) is 0 Å². The van der Waals surface area contributed by atoms with Gasteiger partial charge in [0, 0.05) is 37.5 Å². The number of nitrogens with zero attached hydrogens (tertiary/aromatic N) is 2. The molecule has 0 spiro atoms. The number of hydrogen-bond donors (Lipinski definition) is 1. The maximum Gasteiger partial charge on any atom is 0.252 e. The first kappa shape index (κ1) is 20.1. The fourth-order valence-electron chi connectivity index (χ4n) is 3.64. The van der Waals surface area contributed by atoms with E-state index in [4.69, 9.17) is 9.47 Å². The Morgan fingerprint density at radius 1 is 1.17 bits per heavy atom. The summed E-state index contributed by atoms with van der Waals surface area (Å²) in [6.07, 6.45) is 6.63. The second kappa shape index (κ2) is 9.07. The Morgan fingerprint density at radius 3 is 2.72 bits per heavy atom. The molecule has 0 aliphatic heterocycles. The predicted octanol–water partition coefficient (Wildman–Crippen LogP) is 4.37. The maximum atomic E-state index is 12.5. The molecule has 0 saturated heterocycles. The highest BCUT2D eigenvalue weighted by atomic mass is 32.1. The number of aryl methyl sites for hydroxylation is 1. The molecule has 0 amide bonds. The summed E-state index contributed by atoms with van der Waals surface area (Å²) in [6.45, 7) is 1.22. The topological polar surface area (TPSA) is 65.4 Å². The smallest absolute Gasteiger partial charge is 0.252 e. The van der Waals surface area contributed by atoms with Gasteiger partial charge in [0.1, 0.15) is 0 Å². The van der Waals surface area contributed by atoms with E-state index in [1.807, 2.05) is 30.9 Å². The summed E-state index contributed by atoms with van der Waals surface area (Å²) in [4.78, 5) is 17.8. The molecule has 0 bridgehead atoms. The van der Waals surface area contributed by atoms with E-state index in [1.165, 1.54) is 6.04 Å². The summed E-state index contributed by atoms with van der Waals surface area (Å²) in [5, 5.41) is 4.59. The van der Waals surface area contributed by atoms with E-state index in [2.05, 4.69) is 16.4 Å². The average Bonchev–Trinajstić information content (AvgIpc) is 3.28. The van der Waals surface area contributed by atoms with Crippen LogP contribution in [0, 0.1) is 12.1 Å². The van der Waals surface area contributed by atoms with Crippen LogP contribution in [0.5, 0.6) is 0 Å². The largest absolute Gasteiger partial charge is 0.382 e. The number of anilines is 1. The lowest BCUT2D eigenvalue weighted by molar-refractivity contribution is 0.0630. The molecular weight excluding hydrogens is 386 g/mol. The van der Waals surface area contributed by atoms with Crippen LogP contribution >= 0.6 is 11.3 Å². The minimum Gasteiger partial charge on any atom is -0.382 e. The second-order valence-electron chi connectivity index (χ2n) is 7.16. The van der Waals surface area contributed by atoms with Gasteiger partial charge < -0.3 is 19.4 Å². The third-order valence-corrected chi connectivity index (χ3v) is 6.10. The quantitative estimate of drug-likeness (QED) is 0.585. The summed E-state index contributed by atoms with van der Waals surface area (Å²) in [5.41, 5.74) is 4.71. The summed E-state index contributed by atoms with van der Waals surface area (Å²) in [5.74, 6) is 0. The van der Waals surface area contributed by atoms with Gasteiger partial charge in [-0.15, -0.1) is 11.3 Å². The van der Waals surface area contributed by atoms with E-state index >= 15 is 0 Å². The first-order chi connectivity index (χ1) is 14.2. The fraction of sp³-hybridized carbons (Fsp3) is 0.364. The Hall–Kier alpha value is -2.22. The molecule has 1 aromatic carbocycles. The average molecular weight is 412 g/mol. The molecule has 0 atom stereocenters. The molecule has 1 N–H and O–H groups in total. The van der Waals surface area contributed by atoms with Gasteiger partial charge in [-0.25, -0.2) is 0 Å². The van der Waals surface area contributed by atoms with Crippen LogP contribution in [0.2, 0.25) is 0 Å². The van der Waals surface area contributed by atoms with Gasteiger partial charge in [-0.3, -0.25) is 9.78 Å². The lowest BCUT2D eigenvalue weighted by Crippen LogP contribution is -2.22. The number of nitrogens with one attached hydrogen (secondary N) is 1. The Balaban J connectivity index is 1.55. The van der Waals surface area contributed by atoms with Gasteiger partial charge in [0.2, 0.25) is 0 Å². The normalized spacial score (nSPS) is 15.8. The molecule has 7 heteroatoms. The van der Waals surface area contributed by atoms with Gasteiger partial charge in [-0.2, -0.15) is 0 Å². The molecule has 1 aliphatic carbocycles. The van der Waals surface area contributed by atoms with E-state index in [9.17, 15) is 4.79 Å². The number of aromatic nitrogens is 2. The highest BCUT2D eigenvalue weighted by molar-refractivity contribution is 7.13. The van der Waals surface area contributed by atoms with Crippen molar-refractivity contribution in [2.24, 2.45) is 7.05 Å². The predicted molar refractivity (Wildman–Crippen MR) is 117 cm³/mol. The number of pyridine rings is 1. The second-order valence-corrected chi connectivity index (χ2v) is 8.05. The van der Waals surface area contributed by atoms with E-state index in [0.717, 1.165) is 58.8 Å². The highest BCUT2D eigenvalue weighted by Crippen LogP contribution is 2.35. The number of methoxy groups -OCH3 is 1. The third-order valence-electron chi connectivity index (χ3n) is 5.28. The first-order valence-corrected chi connectivity index (χ1v) is 10.6. The van der Waals surface area contributed by atoms with E-state index in [1.54, 1.807) is 29.1 Å². The Labute approximate surface area is 174 Å². The molecule has 2 radical (unpaired) electrons. The van der Waals surface area contributed by atoms with Gasteiger partial charge in [0.15, 0.2) is 0 Å². The van der Waals surface area contributed by atoms with Crippen molar-refractivity contribution in [2.75, 3.05) is 25.6 Å². The van der Waals surface area contributed by atoms with Crippen LogP contribution in [0.25, 0.3) is 21.3 Å². The van der Waals surface area contributed by atoms with Crippen LogP contribution in [0.15, 0.2) is 40.8 Å². The molecule has 29 heavy (non-hydrogen) atoms. The van der Waals surface area contributed by atoms with Crippen molar-refractivity contribution < 1.29 is 9.47 Å². The van der Waals surface area contributed by atoms with Crippen LogP contribution in [0.1, 0.15) is 25.7 Å². The standard InChI is InChI=1S/C22H25N3O3S/c1-25-20-8-3-15(21-13-23-14-29-21)11-18(20)19(12-22(25)26)24-16-4-6-17(7-5-16)28-10-9-27-2/h3,8,11-14,24H,4-7,9-10H2,1-2H3. The number of thiazole rings is 1. The summed E-state index contributed by atoms with van der Waals surface area (Å²) < 4.78 is 12.5. The Bertz CT molecular complexity index is 1010. The van der Waals surface area contributed by atoms with Gasteiger partial charge in [0.05, 0.1) is 41.3 Å². The van der Waals surface area contributed by atoms with E-state index in [-0.39, 0.29) is 5.56 Å². The zero-order valence-electron chi connectivity index (χ0n) is 16.7. The third kappa shape index (κ3) is 4.52. The maximum absolute atomic E-state index is 12.5. The molecule has 1 saturated carbocycles. The van der Waals surface area contributed by atoms with Crippen LogP contribution < -0.4 is 10.9 Å². The van der Waals surface area contributed by atoms with Crippen molar-refractivity contribution in [3.05, 3.63) is 58.5 Å². The molecule has 2 heterocycles. The summed E-state index contributed by atoms with van der Waals surface area (Å²) in [6, 6.07) is 9.13. The van der Waals surface area contributed by atoms with Crippen molar-refractivity contribution >= 4 is 27.9 Å². The molecule has 152 valence electrons. The van der Waals surface area contributed by atoms with Gasteiger partial charge in [0.25, 0.3) is 5.56 Å². The van der Waals surface area contributed by atoms with Gasteiger partial charge in [-0.05, 0) is 43.4 Å². The highest BCUT2D eigenvalue weighted by Gasteiger charge is 2.24. The number of rotatable bonds is 7. The number of hydrogen-bond acceptors (Lipinski definition) is 6. The number of benzene rings is 1. The SMILES string of the molecule is COCCO[C]1CC[C](Nc2cc(=O)n(C)c3ccc(-c4cncs4)cc23)CC1. The minimum atomic E-state index is -0.0166. The van der Waals surface area contributed by atoms with Crippen molar-refractivity contribution in [3.8, 4) is 10.4 Å². The van der Waals surface area contributed by atoms with Crippen LogP contribution in [0.4, 0.5) is 5.69 Å². The van der Waals surface area contributed by atoms with Crippen LogP contribution in [-0.2, 0) is 16.5 Å². The summed E-state index contributed by atoms with van der Waals surface area (Å²) in [7, 11) is 3.49. The van der Waals surface area contributed by atoms with E-state index in [0.29, 0.717) is 13.2 Å². The van der Waals surface area contributed by atoms with Gasteiger partial charge in [-0.1, -0.05) is 6.07 Å². The lowest BCUT2D eigenvalue weighted by atomic mass is 9.92. The molecule has 3 aromatic rings. The number of ether oxygens (including phenoxy) is 2. The zero-order valence-corrected chi connectivity index (χ0v) is 17.6. The monoisotopic (exact) mass is 411 g/mol. The molecule has 0 unspecified atom stereocenters. The Kier molecular flexibility index (Phi) is 6.28. The van der Waals surface area contributed by atoms with Crippen molar-refractivity contribution in [1.29, 1.82) is 0 Å². The zero-order chi connectivity index (χ0) is 20.2. The minimum absolute atomic E-state index is 0.0166.